The van der Waals surface area contributed by atoms with Gasteiger partial charge in [0.1, 0.15) is 0 Å². The molecule has 0 aliphatic carbocycles. The Balaban J connectivity index is 2.44. The molecule has 1 aliphatic heterocycles. The molecule has 0 saturated carbocycles. The van der Waals surface area contributed by atoms with E-state index in [0.29, 0.717) is 13.0 Å². The first-order chi connectivity index (χ1) is 6.06. The number of carbonyl (C=O) groups excluding carboxylic acids is 1. The van der Waals surface area contributed by atoms with Gasteiger partial charge in [0.05, 0.1) is 12.7 Å². The summed E-state index contributed by atoms with van der Waals surface area (Å²) in [7, 11) is 0. The fourth-order valence-electron chi connectivity index (χ4n) is 0.953. The van der Waals surface area contributed by atoms with E-state index in [-0.39, 0.29) is 6.61 Å². The van der Waals surface area contributed by atoms with Crippen LogP contribution in [0.2, 0.25) is 0 Å². The molecule has 1 unspecified atom stereocenters. The Bertz CT molecular complexity index is 194. The maximum absolute atomic E-state index is 12.7. The van der Waals surface area contributed by atoms with Crippen LogP contribution in [-0.2, 0) is 14.3 Å². The third kappa shape index (κ3) is 2.58. The molecule has 1 fully saturated rings. The molecule has 1 amide bonds. The number of amides is 1. The van der Waals surface area contributed by atoms with E-state index in [1.807, 2.05) is 0 Å². The largest absolute Gasteiger partial charge is 0.438 e. The molecule has 13 heavy (non-hydrogen) atoms. The average Bonchev–Trinajstić information content (AvgIpc) is 2.54. The molecule has 5 nitrogen and oxygen atoms in total. The van der Waals surface area contributed by atoms with Crippen molar-refractivity contribution in [2.75, 3.05) is 13.2 Å². The standard InChI is InChI=1S/C6H10F2N2O3/c7-6(8,5(11)10-9)13-4-1-2-12-3-4/h4H,1-3,9H2,(H,10,11). The van der Waals surface area contributed by atoms with Gasteiger partial charge >= 0.3 is 12.0 Å². The van der Waals surface area contributed by atoms with Crippen molar-refractivity contribution >= 4 is 5.91 Å². The molecule has 0 aromatic rings. The molecule has 0 radical (unpaired) electrons. The van der Waals surface area contributed by atoms with Gasteiger partial charge in [-0.3, -0.25) is 10.2 Å². The van der Waals surface area contributed by atoms with Gasteiger partial charge in [-0.1, -0.05) is 0 Å². The summed E-state index contributed by atoms with van der Waals surface area (Å²) in [5.41, 5.74) is 1.32. The predicted octanol–water partition coefficient (Wildman–Crippen LogP) is -0.625. The van der Waals surface area contributed by atoms with Crippen molar-refractivity contribution < 1.29 is 23.0 Å². The van der Waals surface area contributed by atoms with Crippen molar-refractivity contribution in [2.45, 2.75) is 18.6 Å². The fourth-order valence-corrected chi connectivity index (χ4v) is 0.953. The molecular weight excluding hydrogens is 186 g/mol. The summed E-state index contributed by atoms with van der Waals surface area (Å²) in [6.07, 6.45) is -4.27. The quantitative estimate of drug-likeness (QED) is 0.358. The van der Waals surface area contributed by atoms with Crippen molar-refractivity contribution in [3.8, 4) is 0 Å². The Morgan fingerprint density at radius 2 is 2.38 bits per heavy atom. The van der Waals surface area contributed by atoms with E-state index < -0.39 is 18.1 Å². The number of hydrazine groups is 1. The van der Waals surface area contributed by atoms with Crippen molar-refractivity contribution in [1.29, 1.82) is 0 Å². The molecule has 76 valence electrons. The van der Waals surface area contributed by atoms with Crippen LogP contribution in [0.25, 0.3) is 0 Å². The number of hydrogen-bond donors (Lipinski definition) is 2. The van der Waals surface area contributed by atoms with Gasteiger partial charge < -0.3 is 9.47 Å². The summed E-state index contributed by atoms with van der Waals surface area (Å²) < 4.78 is 34.4. The molecular formula is C6H10F2N2O3. The lowest BCUT2D eigenvalue weighted by Crippen LogP contribution is -2.47. The lowest BCUT2D eigenvalue weighted by molar-refractivity contribution is -0.249. The van der Waals surface area contributed by atoms with Crippen LogP contribution >= 0.6 is 0 Å². The molecule has 1 atom stereocenters. The minimum absolute atomic E-state index is 0.0768. The second kappa shape index (κ2) is 3.95. The Kier molecular flexibility index (Phi) is 3.12. The second-order valence-corrected chi connectivity index (χ2v) is 2.59. The maximum atomic E-state index is 12.7. The third-order valence-corrected chi connectivity index (χ3v) is 1.60. The predicted molar refractivity (Wildman–Crippen MR) is 37.6 cm³/mol. The Morgan fingerprint density at radius 1 is 1.69 bits per heavy atom. The molecule has 0 bridgehead atoms. The van der Waals surface area contributed by atoms with Crippen LogP contribution in [0.15, 0.2) is 0 Å². The second-order valence-electron chi connectivity index (χ2n) is 2.59. The third-order valence-electron chi connectivity index (χ3n) is 1.60. The maximum Gasteiger partial charge on any atom is 0.438 e. The molecule has 1 rings (SSSR count). The monoisotopic (exact) mass is 196 g/mol. The molecule has 3 N–H and O–H groups in total. The van der Waals surface area contributed by atoms with E-state index in [1.54, 1.807) is 0 Å². The summed E-state index contributed by atoms with van der Waals surface area (Å²) >= 11 is 0. The first kappa shape index (κ1) is 10.3. The Morgan fingerprint density at radius 3 is 2.85 bits per heavy atom. The van der Waals surface area contributed by atoms with E-state index >= 15 is 0 Å². The number of alkyl halides is 2. The molecule has 1 saturated heterocycles. The van der Waals surface area contributed by atoms with Gasteiger partial charge in [0.25, 0.3) is 0 Å². The molecule has 7 heteroatoms. The number of halogens is 2. The van der Waals surface area contributed by atoms with Crippen LogP contribution in [0.3, 0.4) is 0 Å². The van der Waals surface area contributed by atoms with Crippen molar-refractivity contribution in [1.82, 2.24) is 5.43 Å². The van der Waals surface area contributed by atoms with Crippen LogP contribution in [0.1, 0.15) is 6.42 Å². The van der Waals surface area contributed by atoms with Gasteiger partial charge in [-0.25, -0.2) is 5.84 Å². The van der Waals surface area contributed by atoms with Crippen LogP contribution in [-0.4, -0.2) is 31.3 Å². The van der Waals surface area contributed by atoms with Gasteiger partial charge in [-0.15, -0.1) is 0 Å². The normalized spacial score (nSPS) is 23.2. The van der Waals surface area contributed by atoms with Gasteiger partial charge in [0.15, 0.2) is 0 Å². The topological polar surface area (TPSA) is 73.6 Å². The zero-order chi connectivity index (χ0) is 9.90. The first-order valence-electron chi connectivity index (χ1n) is 3.70. The van der Waals surface area contributed by atoms with Crippen molar-refractivity contribution in [2.24, 2.45) is 5.84 Å². The number of rotatable bonds is 3. The highest BCUT2D eigenvalue weighted by Gasteiger charge is 2.43. The molecule has 1 heterocycles. The summed E-state index contributed by atoms with van der Waals surface area (Å²) in [4.78, 5) is 10.5. The summed E-state index contributed by atoms with van der Waals surface area (Å²) in [5.74, 6) is 2.89. The zero-order valence-corrected chi connectivity index (χ0v) is 6.76. The smallest absolute Gasteiger partial charge is 0.379 e. The molecule has 0 spiro atoms. The number of nitrogens with two attached hydrogens (primary N) is 1. The minimum Gasteiger partial charge on any atom is -0.379 e. The number of nitrogens with one attached hydrogen (secondary N) is 1. The summed E-state index contributed by atoms with van der Waals surface area (Å²) in [6, 6.07) is 0. The molecule has 1 aliphatic rings. The number of ether oxygens (including phenoxy) is 2. The van der Waals surface area contributed by atoms with Crippen LogP contribution in [0.5, 0.6) is 0 Å². The first-order valence-corrected chi connectivity index (χ1v) is 3.70. The lowest BCUT2D eigenvalue weighted by atomic mass is 10.3. The van der Waals surface area contributed by atoms with Crippen LogP contribution in [0, 0.1) is 0 Å². The molecule has 0 aromatic heterocycles. The highest BCUT2D eigenvalue weighted by atomic mass is 19.3. The highest BCUT2D eigenvalue weighted by molar-refractivity contribution is 5.81. The van der Waals surface area contributed by atoms with Gasteiger partial charge in [0, 0.05) is 6.61 Å². The minimum atomic E-state index is -3.88. The van der Waals surface area contributed by atoms with E-state index in [9.17, 15) is 13.6 Å². The Labute approximate surface area is 73.1 Å². The van der Waals surface area contributed by atoms with Gasteiger partial charge in [-0.2, -0.15) is 8.78 Å². The van der Waals surface area contributed by atoms with Crippen LogP contribution in [0.4, 0.5) is 8.78 Å². The van der Waals surface area contributed by atoms with Gasteiger partial charge in [0.2, 0.25) is 0 Å². The van der Waals surface area contributed by atoms with Gasteiger partial charge in [-0.05, 0) is 6.42 Å². The highest BCUT2D eigenvalue weighted by Crippen LogP contribution is 2.21. The lowest BCUT2D eigenvalue weighted by Gasteiger charge is -2.18. The zero-order valence-electron chi connectivity index (χ0n) is 6.76. The van der Waals surface area contributed by atoms with E-state index in [4.69, 9.17) is 4.74 Å². The van der Waals surface area contributed by atoms with E-state index in [1.165, 1.54) is 5.43 Å². The number of hydrogen-bond acceptors (Lipinski definition) is 4. The fraction of sp³-hybridized carbons (Fsp3) is 0.833. The van der Waals surface area contributed by atoms with E-state index in [2.05, 4.69) is 10.6 Å². The Hall–Kier alpha value is -0.790. The van der Waals surface area contributed by atoms with Crippen molar-refractivity contribution in [3.05, 3.63) is 0 Å². The molecule has 0 aromatic carbocycles. The summed E-state index contributed by atoms with van der Waals surface area (Å²) in [5, 5.41) is 0. The van der Waals surface area contributed by atoms with Crippen molar-refractivity contribution in [3.63, 3.8) is 0 Å². The summed E-state index contributed by atoms with van der Waals surface area (Å²) in [6.45, 7) is 0.443. The SMILES string of the molecule is NNC(=O)C(F)(F)OC1CCOC1. The van der Waals surface area contributed by atoms with E-state index in [0.717, 1.165) is 0 Å². The average molecular weight is 196 g/mol. The van der Waals surface area contributed by atoms with Crippen LogP contribution < -0.4 is 11.3 Å². The number of carbonyl (C=O) groups is 1.